The second-order valence-corrected chi connectivity index (χ2v) is 5.87. The first kappa shape index (κ1) is 17.5. The molecule has 0 fully saturated rings. The van der Waals surface area contributed by atoms with Crippen molar-refractivity contribution in [1.82, 2.24) is 0 Å². The quantitative estimate of drug-likeness (QED) is 0.776. The van der Waals surface area contributed by atoms with Gasteiger partial charge in [-0.25, -0.2) is 0 Å². The number of carbonyl (C=O) groups excluding carboxylic acids is 2. The van der Waals surface area contributed by atoms with Crippen LogP contribution >= 0.6 is 11.8 Å². The predicted octanol–water partition coefficient (Wildman–Crippen LogP) is 1.66. The van der Waals surface area contributed by atoms with Crippen molar-refractivity contribution in [3.05, 3.63) is 30.3 Å². The molecule has 0 saturated heterocycles. The number of hydrogen-bond donors (Lipinski definition) is 1. The molecule has 5 nitrogen and oxygen atoms in total. The summed E-state index contributed by atoms with van der Waals surface area (Å²) in [5.41, 5.74) is 6.51. The normalized spacial score (nSPS) is 12.0. The number of nitrogens with two attached hydrogens (primary N) is 1. The minimum atomic E-state index is -0.697. The van der Waals surface area contributed by atoms with E-state index in [1.807, 2.05) is 44.2 Å². The van der Waals surface area contributed by atoms with Crippen molar-refractivity contribution in [2.24, 2.45) is 5.73 Å². The van der Waals surface area contributed by atoms with Crippen LogP contribution < -0.4 is 10.6 Å². The highest BCUT2D eigenvalue weighted by molar-refractivity contribution is 8.00. The first-order chi connectivity index (χ1) is 9.97. The molecule has 0 radical (unpaired) electrons. The second-order valence-electron chi connectivity index (χ2n) is 4.84. The van der Waals surface area contributed by atoms with E-state index >= 15 is 0 Å². The van der Waals surface area contributed by atoms with Crippen LogP contribution in [0.25, 0.3) is 0 Å². The number of methoxy groups -OCH3 is 1. The molecule has 1 aromatic rings. The third-order valence-electron chi connectivity index (χ3n) is 2.85. The van der Waals surface area contributed by atoms with Crippen LogP contribution in [-0.4, -0.2) is 42.6 Å². The van der Waals surface area contributed by atoms with Crippen molar-refractivity contribution >= 4 is 29.3 Å². The molecule has 0 aliphatic carbocycles. The molecule has 116 valence electrons. The Kier molecular flexibility index (Phi) is 7.25. The minimum Gasteiger partial charge on any atom is -0.468 e. The zero-order valence-corrected chi connectivity index (χ0v) is 13.4. The largest absolute Gasteiger partial charge is 0.468 e. The molecule has 0 saturated carbocycles. The van der Waals surface area contributed by atoms with E-state index in [0.29, 0.717) is 5.75 Å². The van der Waals surface area contributed by atoms with Crippen molar-refractivity contribution in [3.8, 4) is 0 Å². The summed E-state index contributed by atoms with van der Waals surface area (Å²) in [5, 5.41) is 0. The van der Waals surface area contributed by atoms with Crippen LogP contribution in [0, 0.1) is 0 Å². The number of nitrogens with zero attached hydrogens (tertiary/aromatic N) is 1. The SMILES string of the molecule is COC(=O)C(N)CSCC(=O)N(c1ccccc1)C(C)C. The molecular formula is C15H22N2O3S. The van der Waals surface area contributed by atoms with Gasteiger partial charge in [-0.2, -0.15) is 0 Å². The average Bonchev–Trinajstić information content (AvgIpc) is 2.47. The topological polar surface area (TPSA) is 72.6 Å². The minimum absolute atomic E-state index is 0.00161. The number of rotatable bonds is 7. The Labute approximate surface area is 129 Å². The van der Waals surface area contributed by atoms with E-state index in [2.05, 4.69) is 4.74 Å². The molecule has 1 atom stereocenters. The van der Waals surface area contributed by atoms with Gasteiger partial charge in [0.25, 0.3) is 0 Å². The maximum atomic E-state index is 12.4. The highest BCUT2D eigenvalue weighted by atomic mass is 32.2. The number of benzene rings is 1. The zero-order chi connectivity index (χ0) is 15.8. The summed E-state index contributed by atoms with van der Waals surface area (Å²) in [6, 6.07) is 8.89. The molecule has 0 spiro atoms. The fraction of sp³-hybridized carbons (Fsp3) is 0.467. The van der Waals surface area contributed by atoms with Gasteiger partial charge in [-0.15, -0.1) is 11.8 Å². The van der Waals surface area contributed by atoms with Crippen molar-refractivity contribution in [3.63, 3.8) is 0 Å². The first-order valence-corrected chi connectivity index (χ1v) is 7.91. The maximum absolute atomic E-state index is 12.4. The van der Waals surface area contributed by atoms with Gasteiger partial charge < -0.3 is 15.4 Å². The molecule has 1 amide bonds. The van der Waals surface area contributed by atoms with Gasteiger partial charge in [-0.05, 0) is 26.0 Å². The van der Waals surface area contributed by atoms with E-state index in [4.69, 9.17) is 5.73 Å². The molecule has 1 unspecified atom stereocenters. The molecule has 6 heteroatoms. The number of carbonyl (C=O) groups is 2. The fourth-order valence-electron chi connectivity index (χ4n) is 1.88. The summed E-state index contributed by atoms with van der Waals surface area (Å²) in [5.74, 6) is 0.175. The molecule has 0 aliphatic heterocycles. The predicted molar refractivity (Wildman–Crippen MR) is 86.4 cm³/mol. The van der Waals surface area contributed by atoms with Crippen LogP contribution in [0.1, 0.15) is 13.8 Å². The summed E-state index contributed by atoms with van der Waals surface area (Å²) >= 11 is 1.34. The van der Waals surface area contributed by atoms with Gasteiger partial charge in [-0.1, -0.05) is 18.2 Å². The van der Waals surface area contributed by atoms with Crippen LogP contribution in [0.3, 0.4) is 0 Å². The highest BCUT2D eigenvalue weighted by Gasteiger charge is 2.20. The van der Waals surface area contributed by atoms with Crippen LogP contribution in [-0.2, 0) is 14.3 Å². The molecule has 0 bridgehead atoms. The lowest BCUT2D eigenvalue weighted by molar-refractivity contribution is -0.141. The average molecular weight is 310 g/mol. The lowest BCUT2D eigenvalue weighted by Crippen LogP contribution is -2.39. The lowest BCUT2D eigenvalue weighted by Gasteiger charge is -2.27. The van der Waals surface area contributed by atoms with Gasteiger partial charge in [0.2, 0.25) is 5.91 Å². The third-order valence-corrected chi connectivity index (χ3v) is 3.89. The maximum Gasteiger partial charge on any atom is 0.323 e. The Balaban J connectivity index is 2.57. The number of thioether (sulfide) groups is 1. The highest BCUT2D eigenvalue weighted by Crippen LogP contribution is 2.18. The van der Waals surface area contributed by atoms with Crippen molar-refractivity contribution in [1.29, 1.82) is 0 Å². The number of ether oxygens (including phenoxy) is 1. The summed E-state index contributed by atoms with van der Waals surface area (Å²) in [7, 11) is 1.30. The van der Waals surface area contributed by atoms with Crippen LogP contribution in [0.4, 0.5) is 5.69 Å². The molecule has 21 heavy (non-hydrogen) atoms. The number of para-hydroxylation sites is 1. The van der Waals surface area contributed by atoms with Crippen LogP contribution in [0.15, 0.2) is 30.3 Å². The van der Waals surface area contributed by atoms with E-state index in [1.165, 1.54) is 18.9 Å². The Morgan fingerprint density at radius 2 is 1.90 bits per heavy atom. The first-order valence-electron chi connectivity index (χ1n) is 6.75. The van der Waals surface area contributed by atoms with Gasteiger partial charge in [-0.3, -0.25) is 9.59 Å². The molecule has 1 aromatic carbocycles. The van der Waals surface area contributed by atoms with Gasteiger partial charge in [0, 0.05) is 17.5 Å². The van der Waals surface area contributed by atoms with E-state index < -0.39 is 12.0 Å². The zero-order valence-electron chi connectivity index (χ0n) is 12.6. The van der Waals surface area contributed by atoms with Crippen molar-refractivity contribution < 1.29 is 14.3 Å². The Bertz CT molecular complexity index is 465. The summed E-state index contributed by atoms with van der Waals surface area (Å²) in [6.45, 7) is 3.94. The van der Waals surface area contributed by atoms with Gasteiger partial charge in [0.05, 0.1) is 12.9 Å². The number of anilines is 1. The number of amides is 1. The van der Waals surface area contributed by atoms with Crippen molar-refractivity contribution in [2.45, 2.75) is 25.9 Å². The summed E-state index contributed by atoms with van der Waals surface area (Å²) in [6.07, 6.45) is 0. The van der Waals surface area contributed by atoms with Gasteiger partial charge >= 0.3 is 5.97 Å². The second kappa shape index (κ2) is 8.69. The lowest BCUT2D eigenvalue weighted by atomic mass is 10.2. The van der Waals surface area contributed by atoms with Crippen LogP contribution in [0.5, 0.6) is 0 Å². The van der Waals surface area contributed by atoms with E-state index in [9.17, 15) is 9.59 Å². The van der Waals surface area contributed by atoms with E-state index in [0.717, 1.165) is 5.69 Å². The van der Waals surface area contributed by atoms with Gasteiger partial charge in [0.15, 0.2) is 0 Å². The molecule has 0 aliphatic rings. The Morgan fingerprint density at radius 3 is 2.43 bits per heavy atom. The fourth-order valence-corrected chi connectivity index (χ4v) is 2.70. The molecule has 0 heterocycles. The molecule has 2 N–H and O–H groups in total. The number of hydrogen-bond acceptors (Lipinski definition) is 5. The summed E-state index contributed by atoms with van der Waals surface area (Å²) in [4.78, 5) is 25.3. The molecule has 1 rings (SSSR count). The monoisotopic (exact) mass is 310 g/mol. The van der Waals surface area contributed by atoms with Gasteiger partial charge in [0.1, 0.15) is 6.04 Å². The smallest absolute Gasteiger partial charge is 0.323 e. The summed E-state index contributed by atoms with van der Waals surface area (Å²) < 4.78 is 4.55. The molecular weight excluding hydrogens is 288 g/mol. The van der Waals surface area contributed by atoms with Crippen molar-refractivity contribution in [2.75, 3.05) is 23.5 Å². The molecule has 0 aromatic heterocycles. The van der Waals surface area contributed by atoms with E-state index in [1.54, 1.807) is 4.90 Å². The standard InChI is InChI=1S/C15H22N2O3S/c1-11(2)17(12-7-5-4-6-8-12)14(18)10-21-9-13(16)15(19)20-3/h4-8,11,13H,9-10,16H2,1-3H3. The Hall–Kier alpha value is -1.53. The number of esters is 1. The van der Waals surface area contributed by atoms with Crippen LogP contribution in [0.2, 0.25) is 0 Å². The Morgan fingerprint density at radius 1 is 1.29 bits per heavy atom. The third kappa shape index (κ3) is 5.40. The van der Waals surface area contributed by atoms with E-state index in [-0.39, 0.29) is 17.7 Å².